The number of aryl methyl sites for hydroxylation is 1. The van der Waals surface area contributed by atoms with Gasteiger partial charge in [0.15, 0.2) is 34.5 Å². The van der Waals surface area contributed by atoms with Gasteiger partial charge in [0.1, 0.15) is 5.75 Å². The number of fused-ring (bicyclic) bond motifs is 8. The maximum absolute atomic E-state index is 13.9. The summed E-state index contributed by atoms with van der Waals surface area (Å²) in [6, 6.07) is 30.3. The maximum Gasteiger partial charge on any atom is 0.260 e. The maximum atomic E-state index is 13.9. The minimum Gasteiger partial charge on any atom is -0.493 e. The molecule has 103 heavy (non-hydrogen) atoms. The number of unbranched alkanes of at least 4 members (excludes halogenated alkanes) is 4. The summed E-state index contributed by atoms with van der Waals surface area (Å²) in [5, 5.41) is 0. The van der Waals surface area contributed by atoms with E-state index in [1.165, 1.54) is 5.69 Å². The highest BCUT2D eigenvalue weighted by molar-refractivity contribution is 6.08. The molecule has 22 nitrogen and oxygen atoms in total. The zero-order valence-electron chi connectivity index (χ0n) is 59.4. The third-order valence-electron chi connectivity index (χ3n) is 20.2. The first-order chi connectivity index (χ1) is 50.1. The molecular weight excluding hydrogens is 1300 g/mol. The van der Waals surface area contributed by atoms with Crippen LogP contribution >= 0.6 is 0 Å². The minimum absolute atomic E-state index is 0.0575. The van der Waals surface area contributed by atoms with Crippen LogP contribution in [0.1, 0.15) is 136 Å². The average Bonchev–Trinajstić information content (AvgIpc) is 1.64. The molecule has 6 aromatic carbocycles. The SMILES string of the molecule is COc1cc2c(cc1OCCCCCOc1cc3c(cc1C)C(=O)N1C=C(c4ccc(N)cc4)C[C@H]1C=N3)N=C[C@@H]1CC(c3ccc(N4CCN(C)CC4)cc3)=CN1C2=O.COc1cc2c(cc1OCCCCCOc1cc3c(cc1OC)C(=O)N1C=C(C)C[C@H]1C=N3)N=C[C@@H]1CC(C)=CN1C2=O. The van der Waals surface area contributed by atoms with Crippen LogP contribution in [0.5, 0.6) is 40.2 Å². The smallest absolute Gasteiger partial charge is 0.260 e. The quantitative estimate of drug-likeness (QED) is 0.0493. The Morgan fingerprint density at radius 2 is 0.738 bits per heavy atom. The number of nitrogens with two attached hydrogens (primary N) is 1. The Labute approximate surface area is 600 Å². The van der Waals surface area contributed by atoms with E-state index < -0.39 is 0 Å². The molecule has 9 aliphatic rings. The van der Waals surface area contributed by atoms with Gasteiger partial charge in [0.2, 0.25) is 0 Å². The molecule has 9 aliphatic heterocycles. The zero-order valence-corrected chi connectivity index (χ0v) is 59.4. The molecule has 0 radical (unpaired) electrons. The van der Waals surface area contributed by atoms with Gasteiger partial charge in [0.25, 0.3) is 23.6 Å². The summed E-state index contributed by atoms with van der Waals surface area (Å²) >= 11 is 0. The van der Waals surface area contributed by atoms with Gasteiger partial charge in [-0.3, -0.25) is 39.1 Å². The number of benzene rings is 6. The lowest BCUT2D eigenvalue weighted by atomic mass is 10.0. The van der Waals surface area contributed by atoms with Gasteiger partial charge in [0.05, 0.1) is 117 Å². The number of amides is 4. The van der Waals surface area contributed by atoms with Crippen LogP contribution in [0, 0.1) is 6.92 Å². The fraction of sp³-hybridized carbons (Fsp3) is 0.358. The van der Waals surface area contributed by atoms with Crippen LogP contribution in [-0.4, -0.2) is 178 Å². The zero-order chi connectivity index (χ0) is 71.4. The van der Waals surface area contributed by atoms with E-state index in [0.29, 0.717) is 124 Å². The summed E-state index contributed by atoms with van der Waals surface area (Å²) in [5.74, 6) is 3.58. The number of hydrogen-bond donors (Lipinski definition) is 1. The molecule has 0 aliphatic carbocycles. The fourth-order valence-electron chi connectivity index (χ4n) is 14.4. The number of likely N-dealkylation sites (N-methyl/N-ethyl adjacent to an activating group) is 1. The van der Waals surface area contributed by atoms with Gasteiger partial charge in [0, 0.05) is 124 Å². The second kappa shape index (κ2) is 30.3. The molecule has 22 heteroatoms. The van der Waals surface area contributed by atoms with Gasteiger partial charge in [-0.15, -0.1) is 0 Å². The lowest BCUT2D eigenvalue weighted by Gasteiger charge is -2.34. The van der Waals surface area contributed by atoms with Crippen LogP contribution in [0.3, 0.4) is 0 Å². The van der Waals surface area contributed by atoms with Crippen molar-refractivity contribution in [3.8, 4) is 40.2 Å². The molecule has 15 rings (SSSR count). The van der Waals surface area contributed by atoms with E-state index in [1.807, 2.05) is 113 Å². The second-order valence-electron chi connectivity index (χ2n) is 27.5. The van der Waals surface area contributed by atoms with E-state index >= 15 is 0 Å². The van der Waals surface area contributed by atoms with E-state index in [4.69, 9.17) is 48.9 Å². The molecular formula is C81H87N11O11. The number of methoxy groups -OCH3 is 3. The van der Waals surface area contributed by atoms with Gasteiger partial charge in [-0.2, -0.15) is 0 Å². The summed E-state index contributed by atoms with van der Waals surface area (Å²) in [6.45, 7) is 12.1. The average molecular weight is 1390 g/mol. The number of carbonyl (C=O) groups is 4. The van der Waals surface area contributed by atoms with Crippen molar-refractivity contribution in [1.82, 2.24) is 24.5 Å². The van der Waals surface area contributed by atoms with Gasteiger partial charge in [-0.25, -0.2) is 0 Å². The third kappa shape index (κ3) is 14.8. The molecule has 0 unspecified atom stereocenters. The van der Waals surface area contributed by atoms with Crippen LogP contribution in [0.15, 0.2) is 153 Å². The molecule has 1 fully saturated rings. The molecule has 9 heterocycles. The normalized spacial score (nSPS) is 19.7. The van der Waals surface area contributed by atoms with Crippen LogP contribution in [0.25, 0.3) is 11.1 Å². The highest BCUT2D eigenvalue weighted by atomic mass is 16.5. The van der Waals surface area contributed by atoms with Crippen molar-refractivity contribution in [2.75, 3.05) is 91.6 Å². The number of piperazine rings is 1. The van der Waals surface area contributed by atoms with E-state index in [-0.39, 0.29) is 47.8 Å². The number of anilines is 2. The number of aliphatic imine (C=N–C) groups is 4. The Morgan fingerprint density at radius 3 is 1.13 bits per heavy atom. The van der Waals surface area contributed by atoms with Crippen LogP contribution in [-0.2, 0) is 0 Å². The Morgan fingerprint density at radius 1 is 0.398 bits per heavy atom. The second-order valence-corrected chi connectivity index (χ2v) is 27.5. The summed E-state index contributed by atoms with van der Waals surface area (Å²) in [5.41, 5.74) is 19.8. The predicted octanol–water partition coefficient (Wildman–Crippen LogP) is 13.9. The number of rotatable bonds is 22. The van der Waals surface area contributed by atoms with Gasteiger partial charge < -0.3 is 68.3 Å². The number of hydrogen-bond acceptors (Lipinski definition) is 18. The number of nitrogen functional groups attached to an aromatic ring is 1. The molecule has 1 saturated heterocycles. The lowest BCUT2D eigenvalue weighted by Crippen LogP contribution is -2.44. The van der Waals surface area contributed by atoms with Gasteiger partial charge in [-0.1, -0.05) is 35.4 Å². The summed E-state index contributed by atoms with van der Waals surface area (Å²) in [7, 11) is 6.89. The van der Waals surface area contributed by atoms with Crippen molar-refractivity contribution in [2.45, 2.75) is 109 Å². The number of carbonyl (C=O) groups excluding carboxylic acids is 4. The first kappa shape index (κ1) is 69.1. The van der Waals surface area contributed by atoms with Crippen molar-refractivity contribution in [3.63, 3.8) is 0 Å². The van der Waals surface area contributed by atoms with E-state index in [2.05, 4.69) is 51.1 Å². The monoisotopic (exact) mass is 1390 g/mol. The minimum atomic E-state index is -0.162. The molecule has 0 spiro atoms. The molecule has 2 N–H and O–H groups in total. The topological polar surface area (TPSA) is 228 Å². The van der Waals surface area contributed by atoms with E-state index in [9.17, 15) is 19.2 Å². The van der Waals surface area contributed by atoms with Crippen molar-refractivity contribution in [1.29, 1.82) is 0 Å². The predicted molar refractivity (Wildman–Crippen MR) is 401 cm³/mol. The van der Waals surface area contributed by atoms with Crippen LogP contribution < -0.4 is 43.8 Å². The Hall–Kier alpha value is -11.0. The molecule has 0 saturated carbocycles. The summed E-state index contributed by atoms with van der Waals surface area (Å²) in [4.78, 5) is 84.4. The fourth-order valence-corrected chi connectivity index (χ4v) is 14.4. The number of ether oxygens (including phenoxy) is 7. The highest BCUT2D eigenvalue weighted by Crippen LogP contribution is 2.44. The van der Waals surface area contributed by atoms with E-state index in [1.54, 1.807) is 71.3 Å². The Balaban J connectivity index is 0.000000184. The van der Waals surface area contributed by atoms with Gasteiger partial charge in [-0.05, 0) is 156 Å². The van der Waals surface area contributed by atoms with Crippen LogP contribution in [0.4, 0.5) is 34.1 Å². The molecule has 0 aromatic heterocycles. The summed E-state index contributed by atoms with van der Waals surface area (Å²) < 4.78 is 41.3. The largest absolute Gasteiger partial charge is 0.493 e. The van der Waals surface area contributed by atoms with Crippen molar-refractivity contribution in [3.05, 3.63) is 172 Å². The van der Waals surface area contributed by atoms with Crippen molar-refractivity contribution in [2.24, 2.45) is 20.0 Å². The Bertz CT molecular complexity index is 4430. The Kier molecular flexibility index (Phi) is 20.3. The van der Waals surface area contributed by atoms with Crippen molar-refractivity contribution < 1.29 is 52.3 Å². The first-order valence-electron chi connectivity index (χ1n) is 35.5. The molecule has 4 atom stereocenters. The van der Waals surface area contributed by atoms with E-state index in [0.717, 1.165) is 122 Å². The number of nitrogens with zero attached hydrogens (tertiary/aromatic N) is 10. The molecule has 532 valence electrons. The van der Waals surface area contributed by atoms with Crippen molar-refractivity contribution >= 4 is 93.8 Å². The van der Waals surface area contributed by atoms with Gasteiger partial charge >= 0.3 is 0 Å². The highest BCUT2D eigenvalue weighted by Gasteiger charge is 2.38. The first-order valence-corrected chi connectivity index (χ1v) is 35.5. The molecule has 4 amide bonds. The summed E-state index contributed by atoms with van der Waals surface area (Å²) in [6.07, 6.45) is 23.1. The lowest BCUT2D eigenvalue weighted by molar-refractivity contribution is 0.0809. The molecule has 6 aromatic rings. The molecule has 0 bridgehead atoms. The van der Waals surface area contributed by atoms with Crippen LogP contribution in [0.2, 0.25) is 0 Å². The standard InChI is InChI=1S/C48H51N7O5.C33H36N4O6/c1-31-21-40-42(50-27-38-22-34(29-54(38)47(40)56)32-7-11-36(49)12-8-32)25-44(31)59-19-5-4-6-20-60-46-26-43-41(24-45(46)58-3)48(57)55-30-35(23-39(55)28-51-43)33-9-13-37(14-10-33)53-17-15-52(2)16-18-53;1-20-10-22-16-34-26-14-30(28(40-3)12-24(26)32(38)36(22)18-20)42-8-6-5-7-9-43-31-15-27-25(13-29(31)41-4)33(39)37-19-21(2)11-23(37)17-35-27/h7-14,21,24-30,38-39H,4-6,15-20,22-23,49H2,1-3H3;12-19,22-23H,5-11H2,1-4H3/t38-,39-;22-,23-/m00/s1. The third-order valence-corrected chi connectivity index (χ3v) is 20.2.